The molecule has 0 atom stereocenters. The first-order chi connectivity index (χ1) is 20.2. The van der Waals surface area contributed by atoms with Crippen LogP contribution in [0.3, 0.4) is 0 Å². The Bertz CT molecular complexity index is 1650. The van der Waals surface area contributed by atoms with Crippen molar-refractivity contribution in [1.82, 2.24) is 9.97 Å². The second-order valence-corrected chi connectivity index (χ2v) is 12.3. The monoisotopic (exact) mass is 752 g/mol. The summed E-state index contributed by atoms with van der Waals surface area (Å²) in [6.07, 6.45) is 7.92. The average molecular weight is 753 g/mol. The smallest absolute Gasteiger partial charge is 0.656 e. The summed E-state index contributed by atoms with van der Waals surface area (Å²) in [5.74, 6) is 1.84. The van der Waals surface area contributed by atoms with Crippen LogP contribution >= 0.6 is 0 Å². The molecular weight excluding hydrogens is 709 g/mol. The van der Waals surface area contributed by atoms with E-state index in [1.807, 2.05) is 24.3 Å². The molecule has 0 unspecified atom stereocenters. The molecule has 0 aliphatic carbocycles. The predicted octanol–water partition coefficient (Wildman–Crippen LogP) is 10.2. The van der Waals surface area contributed by atoms with Gasteiger partial charge in [-0.2, -0.15) is 0 Å². The van der Waals surface area contributed by atoms with Crippen molar-refractivity contribution < 1.29 is 31.5 Å². The molecule has 1 aliphatic heterocycles. The SMILES string of the molecule is CC(C)c1cccc(C(C)C)c1[N+]1=C=[N+](c2c(C(C)C)cccc2C(C)C)C=C1.[Au+].c1ccc2c(c1)[n-]c1cnccc12. The van der Waals surface area contributed by atoms with E-state index in [1.165, 1.54) is 44.4 Å². The van der Waals surface area contributed by atoms with E-state index in [4.69, 9.17) is 0 Å². The number of hydrogen-bond donors (Lipinski definition) is 0. The normalized spacial score (nSPS) is 12.7. The Kier molecular flexibility index (Phi) is 10.4. The van der Waals surface area contributed by atoms with E-state index in [1.54, 1.807) is 12.4 Å². The first kappa shape index (κ1) is 32.4. The molecule has 0 bridgehead atoms. The molecule has 0 saturated heterocycles. The van der Waals surface area contributed by atoms with Gasteiger partial charge in [0.15, 0.2) is 0 Å². The molecule has 2 aromatic heterocycles. The third-order valence-electron chi connectivity index (χ3n) is 7.98. The largest absolute Gasteiger partial charge is 1.00 e. The van der Waals surface area contributed by atoms with Crippen LogP contribution in [0.5, 0.6) is 0 Å². The van der Waals surface area contributed by atoms with Crippen molar-refractivity contribution >= 4 is 39.2 Å². The van der Waals surface area contributed by atoms with Gasteiger partial charge in [-0.05, 0) is 40.5 Å². The summed E-state index contributed by atoms with van der Waals surface area (Å²) >= 11 is 0. The third-order valence-corrected chi connectivity index (χ3v) is 7.98. The summed E-state index contributed by atoms with van der Waals surface area (Å²) in [7, 11) is 0. The molecule has 0 N–H and O–H groups in total. The van der Waals surface area contributed by atoms with E-state index in [0.717, 1.165) is 11.0 Å². The van der Waals surface area contributed by atoms with E-state index < -0.39 is 0 Å². The summed E-state index contributed by atoms with van der Waals surface area (Å²) in [6.45, 7) is 18.2. The molecule has 0 amide bonds. The summed E-state index contributed by atoms with van der Waals surface area (Å²) < 4.78 is 4.40. The zero-order valence-electron chi connectivity index (χ0n) is 26.6. The van der Waals surface area contributed by atoms with Crippen LogP contribution in [0, 0.1) is 0 Å². The summed E-state index contributed by atoms with van der Waals surface area (Å²) in [4.78, 5) is 8.50. The number of para-hydroxylation sites is 3. The Morgan fingerprint density at radius 3 is 1.47 bits per heavy atom. The molecule has 4 nitrogen and oxygen atoms in total. The fourth-order valence-corrected chi connectivity index (χ4v) is 5.78. The van der Waals surface area contributed by atoms with Crippen LogP contribution in [0.1, 0.15) is 101 Å². The van der Waals surface area contributed by atoms with Gasteiger partial charge >= 0.3 is 28.4 Å². The van der Waals surface area contributed by atoms with Gasteiger partial charge < -0.3 is 4.98 Å². The third kappa shape index (κ3) is 6.69. The first-order valence-electron chi connectivity index (χ1n) is 15.2. The van der Waals surface area contributed by atoms with Crippen LogP contribution in [-0.4, -0.2) is 20.1 Å². The fourth-order valence-electron chi connectivity index (χ4n) is 5.78. The minimum absolute atomic E-state index is 0. The Balaban J connectivity index is 0.000000250. The molecule has 6 rings (SSSR count). The van der Waals surface area contributed by atoms with Gasteiger partial charge in [0.25, 0.3) is 12.4 Å². The van der Waals surface area contributed by atoms with Crippen molar-refractivity contribution in [1.29, 1.82) is 0 Å². The van der Waals surface area contributed by atoms with Crippen molar-refractivity contribution in [2.24, 2.45) is 0 Å². The van der Waals surface area contributed by atoms with E-state index >= 15 is 0 Å². The summed E-state index contributed by atoms with van der Waals surface area (Å²) in [5, 5.41) is 2.39. The molecular formula is C38H43AuN4+2. The van der Waals surface area contributed by atoms with Crippen LogP contribution in [0.4, 0.5) is 11.4 Å². The van der Waals surface area contributed by atoms with Crippen LogP contribution in [0.2, 0.25) is 0 Å². The summed E-state index contributed by atoms with van der Waals surface area (Å²) in [5.41, 5.74) is 10.1. The molecule has 5 heteroatoms. The molecule has 0 saturated carbocycles. The van der Waals surface area contributed by atoms with E-state index in [0.29, 0.717) is 23.7 Å². The van der Waals surface area contributed by atoms with Crippen LogP contribution in [-0.2, 0) is 22.4 Å². The topological polar surface area (TPSA) is 33.0 Å². The Labute approximate surface area is 272 Å². The molecule has 5 aromatic rings. The van der Waals surface area contributed by atoms with E-state index in [-0.39, 0.29) is 22.4 Å². The van der Waals surface area contributed by atoms with Crippen molar-refractivity contribution in [2.75, 3.05) is 0 Å². The number of aromatic nitrogens is 2. The van der Waals surface area contributed by atoms with E-state index in [2.05, 4.69) is 135 Å². The Morgan fingerprint density at radius 1 is 0.558 bits per heavy atom. The molecule has 0 fully saturated rings. The molecule has 0 spiro atoms. The molecule has 224 valence electrons. The first-order valence-corrected chi connectivity index (χ1v) is 15.2. The summed E-state index contributed by atoms with van der Waals surface area (Å²) in [6, 6.07) is 27.2. The van der Waals surface area contributed by atoms with Gasteiger partial charge in [0.1, 0.15) is 0 Å². The maximum Gasteiger partial charge on any atom is 1.00 e. The van der Waals surface area contributed by atoms with Gasteiger partial charge in [-0.25, -0.2) is 0 Å². The standard InChI is InChI=1S/C27H36N2.C11H7N2.Au/c1-18(2)22-11-9-12-23(19(3)4)26(22)28-15-16-29(17-28)27-24(20(5)6)13-10-14-25(27)21(7)8;1-2-4-10-8(3-1)9-5-6-12-7-11(9)13-10;/h9-16,18-21H,1-8H3;1-7H;/q+2;-1;+1. The Morgan fingerprint density at radius 2 is 1.00 bits per heavy atom. The molecule has 3 heterocycles. The van der Waals surface area contributed by atoms with Crippen LogP contribution in [0.15, 0.2) is 91.5 Å². The number of pyridine rings is 1. The number of hydrogen-bond acceptors (Lipinski definition) is 1. The molecule has 0 radical (unpaired) electrons. The molecule has 1 aliphatic rings. The van der Waals surface area contributed by atoms with Gasteiger partial charge in [0.2, 0.25) is 11.4 Å². The van der Waals surface area contributed by atoms with Crippen molar-refractivity contribution in [3.8, 4) is 0 Å². The van der Waals surface area contributed by atoms with E-state index in [9.17, 15) is 0 Å². The van der Waals surface area contributed by atoms with Crippen molar-refractivity contribution in [3.05, 3.63) is 114 Å². The van der Waals surface area contributed by atoms with Crippen LogP contribution in [0.25, 0.3) is 21.8 Å². The number of nitrogens with zero attached hydrogens (tertiary/aromatic N) is 4. The second kappa shape index (κ2) is 13.8. The fraction of sp³-hybridized carbons (Fsp3) is 0.316. The van der Waals surface area contributed by atoms with Crippen molar-refractivity contribution in [2.45, 2.75) is 79.1 Å². The second-order valence-electron chi connectivity index (χ2n) is 12.3. The zero-order valence-corrected chi connectivity index (χ0v) is 28.7. The zero-order chi connectivity index (χ0) is 30.0. The maximum absolute atomic E-state index is 4.45. The predicted molar refractivity (Wildman–Crippen MR) is 176 cm³/mol. The van der Waals surface area contributed by atoms with Crippen LogP contribution < -0.4 is 4.98 Å². The number of benzene rings is 3. The average Bonchev–Trinajstić information content (AvgIpc) is 3.61. The number of rotatable bonds is 6. The van der Waals surface area contributed by atoms with Gasteiger partial charge in [0.05, 0.1) is 0 Å². The molecule has 3 aromatic carbocycles. The van der Waals surface area contributed by atoms with Gasteiger partial charge in [-0.1, -0.05) is 125 Å². The maximum atomic E-state index is 4.45. The Hall–Kier alpha value is -3.53. The van der Waals surface area contributed by atoms with Crippen molar-refractivity contribution in [3.63, 3.8) is 0 Å². The van der Waals surface area contributed by atoms with Gasteiger partial charge in [-0.3, -0.25) is 4.98 Å². The minimum atomic E-state index is 0. The molecule has 43 heavy (non-hydrogen) atoms. The number of fused-ring (bicyclic) bond motifs is 3. The quantitative estimate of drug-likeness (QED) is 0.128. The minimum Gasteiger partial charge on any atom is -0.656 e. The van der Waals surface area contributed by atoms with Gasteiger partial charge in [0, 0.05) is 34.6 Å². The van der Waals surface area contributed by atoms with Gasteiger partial charge in [-0.15, -0.1) is 11.0 Å².